The van der Waals surface area contributed by atoms with Gasteiger partial charge in [0.2, 0.25) is 5.95 Å². The highest BCUT2D eigenvalue weighted by atomic mass is 35.5. The van der Waals surface area contributed by atoms with Crippen molar-refractivity contribution in [3.8, 4) is 39.6 Å². The second-order valence-corrected chi connectivity index (χ2v) is 12.8. The molecule has 1 aliphatic rings. The molecule has 2 aromatic heterocycles. The summed E-state index contributed by atoms with van der Waals surface area (Å²) in [6.45, 7) is 0. The van der Waals surface area contributed by atoms with Crippen molar-refractivity contribution in [1.29, 1.82) is 0 Å². The predicted octanol–water partition coefficient (Wildman–Crippen LogP) is 11.4. The first-order valence-electron chi connectivity index (χ1n) is 15.1. The minimum absolute atomic E-state index is 0.646. The summed E-state index contributed by atoms with van der Waals surface area (Å²) in [5.41, 5.74) is 10.3. The van der Waals surface area contributed by atoms with E-state index in [0.29, 0.717) is 5.95 Å². The van der Waals surface area contributed by atoms with Crippen LogP contribution in [0.2, 0.25) is 5.02 Å². The number of hydrogen-bond donors (Lipinski definition) is 1. The lowest BCUT2D eigenvalue weighted by Gasteiger charge is -2.22. The lowest BCUT2D eigenvalue weighted by Crippen LogP contribution is -2.04. The van der Waals surface area contributed by atoms with Gasteiger partial charge in [0.15, 0.2) is 0 Å². The highest BCUT2D eigenvalue weighted by molar-refractivity contribution is 7.99. The van der Waals surface area contributed by atoms with Crippen molar-refractivity contribution >= 4 is 56.5 Å². The maximum absolute atomic E-state index is 6.48. The van der Waals surface area contributed by atoms with Gasteiger partial charge in [-0.1, -0.05) is 120 Å². The van der Waals surface area contributed by atoms with Crippen LogP contribution in [-0.2, 0) is 0 Å². The van der Waals surface area contributed by atoms with E-state index in [0.717, 1.165) is 76.7 Å². The van der Waals surface area contributed by atoms with Crippen molar-refractivity contribution in [2.24, 2.45) is 0 Å². The average molecular weight is 629 g/mol. The number of para-hydroxylation sites is 2. The molecule has 4 nitrogen and oxygen atoms in total. The summed E-state index contributed by atoms with van der Waals surface area (Å²) in [4.78, 5) is 12.6. The molecule has 8 aromatic rings. The van der Waals surface area contributed by atoms with E-state index < -0.39 is 0 Å². The standard InChI is InChI=1S/C40H25ClN4S/c41-31-15-9-17-37-39(31)42-32-20-18-28(23-38(32)46-37)27-19-21-36-30(22-27)29-14-7-8-16-35(29)45(36)40-43-33(25-10-3-1-4-11-25)24-34(44-40)26-12-5-2-6-13-26/h1-24,42H. The number of fused-ring (bicyclic) bond motifs is 5. The fourth-order valence-corrected chi connectivity index (χ4v) is 7.61. The maximum Gasteiger partial charge on any atom is 0.235 e. The molecule has 1 aliphatic heterocycles. The van der Waals surface area contributed by atoms with Crippen LogP contribution in [0.15, 0.2) is 155 Å². The van der Waals surface area contributed by atoms with E-state index in [-0.39, 0.29) is 0 Å². The Morgan fingerprint density at radius 3 is 1.93 bits per heavy atom. The number of aromatic nitrogens is 3. The monoisotopic (exact) mass is 628 g/mol. The van der Waals surface area contributed by atoms with Crippen molar-refractivity contribution < 1.29 is 0 Å². The van der Waals surface area contributed by atoms with E-state index in [9.17, 15) is 0 Å². The van der Waals surface area contributed by atoms with Gasteiger partial charge in [-0.25, -0.2) is 9.97 Å². The van der Waals surface area contributed by atoms with Gasteiger partial charge in [-0.3, -0.25) is 4.57 Å². The molecule has 46 heavy (non-hydrogen) atoms. The second kappa shape index (κ2) is 10.9. The summed E-state index contributed by atoms with van der Waals surface area (Å²) in [6, 6.07) is 50.5. The Morgan fingerprint density at radius 2 is 1.17 bits per heavy atom. The van der Waals surface area contributed by atoms with Crippen LogP contribution < -0.4 is 5.32 Å². The van der Waals surface area contributed by atoms with Gasteiger partial charge < -0.3 is 5.32 Å². The third-order valence-corrected chi connectivity index (χ3v) is 9.93. The molecule has 0 fully saturated rings. The fraction of sp³-hybridized carbons (Fsp3) is 0. The molecular formula is C40H25ClN4S. The maximum atomic E-state index is 6.48. The molecule has 0 amide bonds. The van der Waals surface area contributed by atoms with Crippen molar-refractivity contribution in [3.05, 3.63) is 151 Å². The zero-order valence-electron chi connectivity index (χ0n) is 24.5. The summed E-state index contributed by atoms with van der Waals surface area (Å²) in [5.74, 6) is 0.646. The molecule has 0 saturated carbocycles. The quantitative estimate of drug-likeness (QED) is 0.210. The summed E-state index contributed by atoms with van der Waals surface area (Å²) in [6.07, 6.45) is 0. The second-order valence-electron chi connectivity index (χ2n) is 11.3. The largest absolute Gasteiger partial charge is 0.352 e. The van der Waals surface area contributed by atoms with Gasteiger partial charge >= 0.3 is 0 Å². The van der Waals surface area contributed by atoms with Crippen LogP contribution >= 0.6 is 23.4 Å². The highest BCUT2D eigenvalue weighted by Crippen LogP contribution is 2.48. The third-order valence-electron chi connectivity index (χ3n) is 8.50. The molecule has 6 heteroatoms. The molecule has 0 spiro atoms. The number of halogens is 1. The number of anilines is 2. The zero-order valence-corrected chi connectivity index (χ0v) is 26.1. The Morgan fingerprint density at radius 1 is 0.522 bits per heavy atom. The summed E-state index contributed by atoms with van der Waals surface area (Å²) < 4.78 is 2.20. The number of rotatable bonds is 4. The van der Waals surface area contributed by atoms with Crippen LogP contribution in [-0.4, -0.2) is 14.5 Å². The Bertz CT molecular complexity index is 2380. The smallest absolute Gasteiger partial charge is 0.235 e. The van der Waals surface area contributed by atoms with E-state index in [1.54, 1.807) is 11.8 Å². The summed E-state index contributed by atoms with van der Waals surface area (Å²) in [7, 11) is 0. The molecular weight excluding hydrogens is 604 g/mol. The minimum Gasteiger partial charge on any atom is -0.352 e. The van der Waals surface area contributed by atoms with Gasteiger partial charge in [0.1, 0.15) is 0 Å². The first kappa shape index (κ1) is 27.0. The Labute approximate surface area is 275 Å². The molecule has 9 rings (SSSR count). The van der Waals surface area contributed by atoms with Gasteiger partial charge in [-0.05, 0) is 59.7 Å². The highest BCUT2D eigenvalue weighted by Gasteiger charge is 2.20. The average Bonchev–Trinajstić information content (AvgIpc) is 3.45. The zero-order chi connectivity index (χ0) is 30.6. The SMILES string of the molecule is Clc1cccc2c1Nc1ccc(-c3ccc4c(c3)c3ccccc3n4-c3nc(-c4ccccc4)cc(-c4ccccc4)n3)cc1S2. The summed E-state index contributed by atoms with van der Waals surface area (Å²) in [5, 5.41) is 6.57. The molecule has 6 aromatic carbocycles. The van der Waals surface area contributed by atoms with Crippen LogP contribution in [0.25, 0.3) is 61.4 Å². The van der Waals surface area contributed by atoms with Crippen LogP contribution in [0.3, 0.4) is 0 Å². The summed E-state index contributed by atoms with van der Waals surface area (Å²) >= 11 is 8.22. The van der Waals surface area contributed by atoms with Crippen molar-refractivity contribution in [2.45, 2.75) is 9.79 Å². The Balaban J connectivity index is 1.20. The van der Waals surface area contributed by atoms with Gasteiger partial charge in [-0.2, -0.15) is 0 Å². The predicted molar refractivity (Wildman–Crippen MR) is 192 cm³/mol. The number of hydrogen-bond acceptors (Lipinski definition) is 4. The first-order chi connectivity index (χ1) is 22.7. The van der Waals surface area contributed by atoms with Crippen LogP contribution in [0, 0.1) is 0 Å². The molecule has 3 heterocycles. The van der Waals surface area contributed by atoms with Crippen LogP contribution in [0.1, 0.15) is 0 Å². The molecule has 0 radical (unpaired) electrons. The van der Waals surface area contributed by atoms with Gasteiger partial charge in [0.25, 0.3) is 0 Å². The Hall–Kier alpha value is -5.36. The number of nitrogens with one attached hydrogen (secondary N) is 1. The van der Waals surface area contributed by atoms with Gasteiger partial charge in [0, 0.05) is 31.7 Å². The van der Waals surface area contributed by atoms with Crippen molar-refractivity contribution in [1.82, 2.24) is 14.5 Å². The van der Waals surface area contributed by atoms with Gasteiger partial charge in [-0.15, -0.1) is 0 Å². The lowest BCUT2D eigenvalue weighted by molar-refractivity contribution is 0.995. The Kier molecular flexibility index (Phi) is 6.40. The third kappa shape index (κ3) is 4.55. The minimum atomic E-state index is 0.646. The topological polar surface area (TPSA) is 42.7 Å². The van der Waals surface area contributed by atoms with Crippen molar-refractivity contribution in [2.75, 3.05) is 5.32 Å². The van der Waals surface area contributed by atoms with E-state index in [1.807, 2.05) is 48.5 Å². The van der Waals surface area contributed by atoms with E-state index in [1.165, 1.54) is 4.90 Å². The van der Waals surface area contributed by atoms with E-state index >= 15 is 0 Å². The fourth-order valence-electron chi connectivity index (χ4n) is 6.27. The number of nitrogens with zero attached hydrogens (tertiary/aromatic N) is 3. The van der Waals surface area contributed by atoms with Crippen LogP contribution in [0.4, 0.5) is 11.4 Å². The van der Waals surface area contributed by atoms with E-state index in [2.05, 4.69) is 107 Å². The van der Waals surface area contributed by atoms with Gasteiger partial charge in [0.05, 0.1) is 38.8 Å². The molecule has 0 unspecified atom stereocenters. The van der Waals surface area contributed by atoms with E-state index in [4.69, 9.17) is 21.6 Å². The molecule has 1 N–H and O–H groups in total. The normalized spacial score (nSPS) is 12.1. The molecule has 0 bridgehead atoms. The van der Waals surface area contributed by atoms with Crippen molar-refractivity contribution in [3.63, 3.8) is 0 Å². The molecule has 218 valence electrons. The van der Waals surface area contributed by atoms with Crippen LogP contribution in [0.5, 0.6) is 0 Å². The first-order valence-corrected chi connectivity index (χ1v) is 16.3. The molecule has 0 atom stereocenters. The molecule has 0 saturated heterocycles. The molecule has 0 aliphatic carbocycles. The lowest BCUT2D eigenvalue weighted by atomic mass is 10.0. The number of benzene rings is 6.